The fraction of sp³-hybridized carbons (Fsp3) is 0.182. The van der Waals surface area contributed by atoms with Gasteiger partial charge in [-0.1, -0.05) is 55.1 Å². The number of nitrogens with one attached hydrogen (secondary N) is 1. The molecule has 128 valence electrons. The Labute approximate surface area is 148 Å². The van der Waals surface area contributed by atoms with Crippen molar-refractivity contribution >= 4 is 0 Å². The molecule has 2 aromatic carbocycles. The molecule has 3 aromatic rings. The quantitative estimate of drug-likeness (QED) is 0.604. The van der Waals surface area contributed by atoms with Crippen LogP contribution in [0.25, 0.3) is 0 Å². The first-order valence-corrected chi connectivity index (χ1v) is 8.62. The molecular formula is C22H24FN2+. The van der Waals surface area contributed by atoms with E-state index < -0.39 is 0 Å². The Kier molecular flexibility index (Phi) is 5.81. The Morgan fingerprint density at radius 2 is 1.68 bits per heavy atom. The molecule has 0 bridgehead atoms. The van der Waals surface area contributed by atoms with Crippen molar-refractivity contribution in [2.45, 2.75) is 19.6 Å². The van der Waals surface area contributed by atoms with Gasteiger partial charge in [-0.3, -0.25) is 0 Å². The number of hydrogen-bond acceptors (Lipinski definition) is 0. The van der Waals surface area contributed by atoms with Crippen LogP contribution in [0.3, 0.4) is 0 Å². The van der Waals surface area contributed by atoms with Crippen LogP contribution in [0.5, 0.6) is 0 Å². The third kappa shape index (κ3) is 4.68. The van der Waals surface area contributed by atoms with Gasteiger partial charge in [0.15, 0.2) is 0 Å². The van der Waals surface area contributed by atoms with Crippen LogP contribution < -0.4 is 4.90 Å². The Morgan fingerprint density at radius 1 is 0.920 bits per heavy atom. The van der Waals surface area contributed by atoms with Crippen molar-refractivity contribution in [2.24, 2.45) is 0 Å². The minimum atomic E-state index is -0.135. The Morgan fingerprint density at radius 3 is 2.44 bits per heavy atom. The predicted molar refractivity (Wildman–Crippen MR) is 99.8 cm³/mol. The van der Waals surface area contributed by atoms with Gasteiger partial charge in [-0.05, 0) is 29.8 Å². The number of quaternary nitrogens is 1. The second-order valence-corrected chi connectivity index (χ2v) is 6.30. The zero-order valence-electron chi connectivity index (χ0n) is 14.4. The summed E-state index contributed by atoms with van der Waals surface area (Å²) in [7, 11) is 0. The van der Waals surface area contributed by atoms with E-state index >= 15 is 0 Å². The second-order valence-electron chi connectivity index (χ2n) is 6.30. The number of hydrogen-bond donors (Lipinski definition) is 1. The lowest BCUT2D eigenvalue weighted by Gasteiger charge is -2.19. The van der Waals surface area contributed by atoms with Gasteiger partial charge in [0.1, 0.15) is 18.9 Å². The average Bonchev–Trinajstić information content (AvgIpc) is 3.05. The summed E-state index contributed by atoms with van der Waals surface area (Å²) < 4.78 is 16.3. The maximum Gasteiger partial charge on any atom is 0.132 e. The first kappa shape index (κ1) is 17.2. The van der Waals surface area contributed by atoms with Crippen molar-refractivity contribution < 1.29 is 9.29 Å². The first-order valence-electron chi connectivity index (χ1n) is 8.62. The van der Waals surface area contributed by atoms with E-state index in [1.54, 1.807) is 6.07 Å². The molecule has 0 radical (unpaired) electrons. The van der Waals surface area contributed by atoms with Crippen LogP contribution in [0.2, 0.25) is 0 Å². The van der Waals surface area contributed by atoms with E-state index in [2.05, 4.69) is 53.7 Å². The van der Waals surface area contributed by atoms with Crippen LogP contribution in [-0.4, -0.2) is 11.1 Å². The monoisotopic (exact) mass is 335 g/mol. The fourth-order valence-electron chi connectivity index (χ4n) is 3.12. The average molecular weight is 335 g/mol. The molecule has 0 saturated heterocycles. The van der Waals surface area contributed by atoms with E-state index in [0.29, 0.717) is 6.54 Å². The topological polar surface area (TPSA) is 9.37 Å². The van der Waals surface area contributed by atoms with Crippen molar-refractivity contribution in [3.8, 4) is 0 Å². The van der Waals surface area contributed by atoms with Crippen LogP contribution in [0, 0.1) is 5.82 Å². The summed E-state index contributed by atoms with van der Waals surface area (Å²) in [6.07, 6.45) is 4.01. The zero-order valence-corrected chi connectivity index (χ0v) is 14.4. The standard InChI is InChI=1S/C22H23FN2/c1-2-14-24(17-20-11-6-7-13-22(20)23)18-21-12-8-15-25(21)16-19-9-4-3-5-10-19/h2-13,15H,1,14,16-18H2/p+1. The maximum atomic E-state index is 14.0. The summed E-state index contributed by atoms with van der Waals surface area (Å²) in [6.45, 7) is 6.99. The maximum absolute atomic E-state index is 14.0. The molecule has 0 amide bonds. The molecule has 25 heavy (non-hydrogen) atoms. The predicted octanol–water partition coefficient (Wildman–Crippen LogP) is 3.45. The third-order valence-corrected chi connectivity index (χ3v) is 4.38. The van der Waals surface area contributed by atoms with Crippen LogP contribution in [-0.2, 0) is 19.6 Å². The van der Waals surface area contributed by atoms with Gasteiger partial charge in [-0.25, -0.2) is 4.39 Å². The summed E-state index contributed by atoms with van der Waals surface area (Å²) in [4.78, 5) is 1.27. The van der Waals surface area contributed by atoms with Crippen LogP contribution in [0.1, 0.15) is 16.8 Å². The largest absolute Gasteiger partial charge is 0.342 e. The first-order chi connectivity index (χ1) is 12.3. The van der Waals surface area contributed by atoms with Gasteiger partial charge in [0.05, 0.1) is 12.2 Å². The second kappa shape index (κ2) is 8.45. The molecule has 0 fully saturated rings. The molecule has 1 heterocycles. The smallest absolute Gasteiger partial charge is 0.132 e. The number of nitrogens with zero attached hydrogens (tertiary/aromatic N) is 1. The minimum absolute atomic E-state index is 0.135. The number of halogens is 1. The van der Waals surface area contributed by atoms with E-state index in [0.717, 1.165) is 25.2 Å². The highest BCUT2D eigenvalue weighted by atomic mass is 19.1. The minimum Gasteiger partial charge on any atom is -0.342 e. The van der Waals surface area contributed by atoms with Gasteiger partial charge in [-0.2, -0.15) is 0 Å². The Hall–Kier alpha value is -2.65. The van der Waals surface area contributed by atoms with Crippen molar-refractivity contribution in [1.82, 2.24) is 4.57 Å². The van der Waals surface area contributed by atoms with Crippen molar-refractivity contribution in [3.63, 3.8) is 0 Å². The van der Waals surface area contributed by atoms with Crippen LogP contribution in [0.15, 0.2) is 85.6 Å². The van der Waals surface area contributed by atoms with Crippen molar-refractivity contribution in [2.75, 3.05) is 6.54 Å². The molecule has 1 aromatic heterocycles. The summed E-state index contributed by atoms with van der Waals surface area (Å²) >= 11 is 0. The van der Waals surface area contributed by atoms with Crippen molar-refractivity contribution in [1.29, 1.82) is 0 Å². The van der Waals surface area contributed by atoms with E-state index in [4.69, 9.17) is 0 Å². The number of rotatable bonds is 8. The van der Waals surface area contributed by atoms with Gasteiger partial charge in [0, 0.05) is 18.3 Å². The molecule has 0 spiro atoms. The van der Waals surface area contributed by atoms with Gasteiger partial charge in [0.2, 0.25) is 0 Å². The normalized spacial score (nSPS) is 12.0. The summed E-state index contributed by atoms with van der Waals surface area (Å²) in [5.41, 5.74) is 3.27. The molecule has 2 nitrogen and oxygen atoms in total. The van der Waals surface area contributed by atoms with E-state index in [1.165, 1.54) is 22.2 Å². The molecule has 1 N–H and O–H groups in total. The van der Waals surface area contributed by atoms with Gasteiger partial charge in [-0.15, -0.1) is 0 Å². The SMILES string of the molecule is C=CC[NH+](Cc1ccccc1F)Cc1cccn1Cc1ccccc1. The molecule has 0 aliphatic heterocycles. The molecular weight excluding hydrogens is 311 g/mol. The number of benzene rings is 2. The fourth-order valence-corrected chi connectivity index (χ4v) is 3.12. The highest BCUT2D eigenvalue weighted by Crippen LogP contribution is 2.08. The van der Waals surface area contributed by atoms with Gasteiger partial charge < -0.3 is 9.47 Å². The molecule has 3 rings (SSSR count). The van der Waals surface area contributed by atoms with Crippen LogP contribution in [0.4, 0.5) is 4.39 Å². The highest BCUT2D eigenvalue weighted by Gasteiger charge is 2.14. The summed E-state index contributed by atoms with van der Waals surface area (Å²) in [5, 5.41) is 0. The van der Waals surface area contributed by atoms with Gasteiger partial charge >= 0.3 is 0 Å². The molecule has 0 saturated carbocycles. The Bertz CT molecular complexity index is 808. The van der Waals surface area contributed by atoms with E-state index in [1.807, 2.05) is 24.3 Å². The van der Waals surface area contributed by atoms with E-state index in [-0.39, 0.29) is 5.82 Å². The molecule has 3 heteroatoms. The lowest BCUT2D eigenvalue weighted by Crippen LogP contribution is -3.09. The molecule has 0 aliphatic rings. The zero-order chi connectivity index (χ0) is 17.5. The van der Waals surface area contributed by atoms with Crippen molar-refractivity contribution in [3.05, 3.63) is 108 Å². The third-order valence-electron chi connectivity index (χ3n) is 4.38. The highest BCUT2D eigenvalue weighted by molar-refractivity contribution is 5.18. The molecule has 1 atom stereocenters. The van der Waals surface area contributed by atoms with Gasteiger partial charge in [0.25, 0.3) is 0 Å². The van der Waals surface area contributed by atoms with Crippen LogP contribution >= 0.6 is 0 Å². The summed E-state index contributed by atoms with van der Waals surface area (Å²) in [5.74, 6) is -0.135. The summed E-state index contributed by atoms with van der Waals surface area (Å²) in [6, 6.07) is 21.7. The Balaban J connectivity index is 1.73. The van der Waals surface area contributed by atoms with E-state index in [9.17, 15) is 4.39 Å². The molecule has 0 aliphatic carbocycles. The number of aromatic nitrogens is 1. The lowest BCUT2D eigenvalue weighted by molar-refractivity contribution is -0.922. The lowest BCUT2D eigenvalue weighted by atomic mass is 10.2. The molecule has 1 unspecified atom stereocenters.